The Morgan fingerprint density at radius 2 is 2.22 bits per heavy atom. The van der Waals surface area contributed by atoms with Gasteiger partial charge in [-0.15, -0.1) is 35.4 Å². The van der Waals surface area contributed by atoms with E-state index in [9.17, 15) is 9.18 Å². The second-order valence-corrected chi connectivity index (χ2v) is 4.73. The summed E-state index contributed by atoms with van der Waals surface area (Å²) in [4.78, 5) is 13.3. The van der Waals surface area contributed by atoms with Gasteiger partial charge in [-0.3, -0.25) is 0 Å². The molecule has 2 rings (SSSR count). The number of halogens is 1. The fourth-order valence-electron chi connectivity index (χ4n) is 2.08. The second-order valence-electron chi connectivity index (χ2n) is 4.73. The maximum Gasteiger partial charge on any atom is 0.337 e. The van der Waals surface area contributed by atoms with Gasteiger partial charge in [0.2, 0.25) is 0 Å². The van der Waals surface area contributed by atoms with Gasteiger partial charge in [0.1, 0.15) is 0 Å². The van der Waals surface area contributed by atoms with E-state index in [1.165, 1.54) is 13.2 Å². The number of allylic oxidation sites excluding steroid dienone is 2. The summed E-state index contributed by atoms with van der Waals surface area (Å²) in [6, 6.07) is 7.52. The van der Waals surface area contributed by atoms with Crippen LogP contribution in [0.4, 0.5) is 4.39 Å². The molecule has 23 heavy (non-hydrogen) atoms. The molecule has 126 valence electrons. The molecule has 0 aromatic heterocycles. The molecule has 1 aromatic carbocycles. The van der Waals surface area contributed by atoms with Crippen LogP contribution in [0.25, 0.3) is 5.57 Å². The summed E-state index contributed by atoms with van der Waals surface area (Å²) in [6.45, 7) is 5.91. The van der Waals surface area contributed by atoms with Gasteiger partial charge >= 0.3 is 5.97 Å². The average molecular weight is 466 g/mol. The Bertz CT molecular complexity index is 692. The SMILES string of the molecule is C=C1C=C(C(=O)OC)C=CN1/C=C(\CC)c1[c-]c(F)ccc1.[Er]. The molecule has 5 heteroatoms. The van der Waals surface area contributed by atoms with Gasteiger partial charge in [-0.1, -0.05) is 19.9 Å². The van der Waals surface area contributed by atoms with Crippen LogP contribution in [0.1, 0.15) is 18.9 Å². The number of nitrogens with zero attached hydrogens (tertiary/aromatic N) is 1. The van der Waals surface area contributed by atoms with Crippen molar-refractivity contribution in [1.82, 2.24) is 4.90 Å². The van der Waals surface area contributed by atoms with E-state index in [-0.39, 0.29) is 37.3 Å². The van der Waals surface area contributed by atoms with Crippen LogP contribution < -0.4 is 0 Å². The first-order valence-electron chi connectivity index (χ1n) is 6.89. The van der Waals surface area contributed by atoms with Gasteiger partial charge in [0.15, 0.2) is 0 Å². The third kappa shape index (κ3) is 5.05. The molecule has 0 radical (unpaired) electrons. The number of carbonyl (C=O) groups is 1. The summed E-state index contributed by atoms with van der Waals surface area (Å²) in [7, 11) is 1.33. The van der Waals surface area contributed by atoms with Gasteiger partial charge < -0.3 is 9.64 Å². The Labute approximate surface area is 165 Å². The van der Waals surface area contributed by atoms with Crippen LogP contribution >= 0.6 is 0 Å². The van der Waals surface area contributed by atoms with E-state index in [0.717, 1.165) is 5.57 Å². The smallest absolute Gasteiger partial charge is 0.337 e. The Balaban J connectivity index is 0.00000264. The number of esters is 1. The molecule has 3 nitrogen and oxygen atoms in total. The van der Waals surface area contributed by atoms with Gasteiger partial charge in [-0.25, -0.2) is 9.18 Å². The van der Waals surface area contributed by atoms with Crippen LogP contribution in [0.5, 0.6) is 0 Å². The van der Waals surface area contributed by atoms with Crippen molar-refractivity contribution in [3.05, 3.63) is 78.0 Å². The minimum Gasteiger partial charge on any atom is -0.465 e. The number of hydrogen-bond acceptors (Lipinski definition) is 3. The van der Waals surface area contributed by atoms with Crippen LogP contribution in [0.3, 0.4) is 0 Å². The fourth-order valence-corrected chi connectivity index (χ4v) is 2.08. The Morgan fingerprint density at radius 3 is 2.78 bits per heavy atom. The molecule has 0 saturated heterocycles. The van der Waals surface area contributed by atoms with Crippen molar-refractivity contribution in [3.63, 3.8) is 0 Å². The summed E-state index contributed by atoms with van der Waals surface area (Å²) in [5.74, 6) is -0.798. The van der Waals surface area contributed by atoms with Crippen molar-refractivity contribution in [3.8, 4) is 0 Å². The normalized spacial score (nSPS) is 14.2. The standard InChI is InChI=1S/C18H17FNO2.Er/c1-4-14(15-6-5-7-17(19)11-15)12-20-9-8-16(10-13(20)2)18(21)22-3;/h5-10,12H,2,4H2,1,3H3;/q-1;/b14-12+;. The van der Waals surface area contributed by atoms with Crippen LogP contribution in [0.15, 0.2) is 60.6 Å². The minimum absolute atomic E-state index is 0. The van der Waals surface area contributed by atoms with E-state index in [1.807, 2.05) is 19.2 Å². The summed E-state index contributed by atoms with van der Waals surface area (Å²) < 4.78 is 18.0. The summed E-state index contributed by atoms with van der Waals surface area (Å²) >= 11 is 0. The Morgan fingerprint density at radius 1 is 1.48 bits per heavy atom. The van der Waals surface area contributed by atoms with Crippen molar-refractivity contribution in [1.29, 1.82) is 0 Å². The Kier molecular flexibility index (Phi) is 7.74. The summed E-state index contributed by atoms with van der Waals surface area (Å²) in [6.07, 6.45) is 7.59. The van der Waals surface area contributed by atoms with Gasteiger partial charge in [0, 0.05) is 55.0 Å². The van der Waals surface area contributed by atoms with Gasteiger partial charge in [0.25, 0.3) is 0 Å². The molecular weight excluding hydrogens is 448 g/mol. The van der Waals surface area contributed by atoms with E-state index in [4.69, 9.17) is 0 Å². The first-order chi connectivity index (χ1) is 10.5. The van der Waals surface area contributed by atoms with Crippen LogP contribution in [0.2, 0.25) is 0 Å². The zero-order chi connectivity index (χ0) is 16.1. The number of rotatable bonds is 4. The predicted octanol–water partition coefficient (Wildman–Crippen LogP) is 3.82. The van der Waals surface area contributed by atoms with Crippen LogP contribution in [-0.4, -0.2) is 18.0 Å². The molecule has 0 fully saturated rings. The molecule has 0 bridgehead atoms. The number of methoxy groups -OCH3 is 1. The maximum absolute atomic E-state index is 13.3. The molecule has 0 spiro atoms. The maximum atomic E-state index is 13.3. The molecule has 1 aliphatic heterocycles. The quantitative estimate of drug-likeness (QED) is 0.500. The number of benzene rings is 1. The summed E-state index contributed by atoms with van der Waals surface area (Å²) in [5.41, 5.74) is 2.68. The zero-order valence-corrected chi connectivity index (χ0v) is 14.7. The zero-order valence-electron chi connectivity index (χ0n) is 12.9. The van der Waals surface area contributed by atoms with Gasteiger partial charge in [0.05, 0.1) is 12.7 Å². The topological polar surface area (TPSA) is 29.5 Å². The fraction of sp³-hybridized carbons (Fsp3) is 0.167. The molecular formula is C18H17ErFNO2-. The predicted molar refractivity (Wildman–Crippen MR) is 83.7 cm³/mol. The van der Waals surface area contributed by atoms with Crippen LogP contribution in [0, 0.1) is 49.2 Å². The van der Waals surface area contributed by atoms with Crippen molar-refractivity contribution < 1.29 is 51.2 Å². The monoisotopic (exact) mass is 464 g/mol. The third-order valence-corrected chi connectivity index (χ3v) is 3.27. The first kappa shape index (κ1) is 19.7. The molecule has 0 N–H and O–H groups in total. The van der Waals surface area contributed by atoms with Crippen molar-refractivity contribution in [2.75, 3.05) is 7.11 Å². The first-order valence-corrected chi connectivity index (χ1v) is 6.89. The minimum atomic E-state index is -0.407. The molecule has 1 aliphatic rings. The van der Waals surface area contributed by atoms with E-state index in [1.54, 1.807) is 29.3 Å². The van der Waals surface area contributed by atoms with Crippen molar-refractivity contribution >= 4 is 11.5 Å². The second kappa shape index (κ2) is 9.05. The average Bonchev–Trinajstić information content (AvgIpc) is 2.53. The summed E-state index contributed by atoms with van der Waals surface area (Å²) in [5, 5.41) is 0. The molecule has 0 aliphatic carbocycles. The van der Waals surface area contributed by atoms with Gasteiger partial charge in [-0.2, -0.15) is 0 Å². The van der Waals surface area contributed by atoms with E-state index >= 15 is 0 Å². The number of ether oxygens (including phenoxy) is 1. The molecule has 0 unspecified atom stereocenters. The van der Waals surface area contributed by atoms with Crippen molar-refractivity contribution in [2.45, 2.75) is 13.3 Å². The van der Waals surface area contributed by atoms with Crippen LogP contribution in [-0.2, 0) is 9.53 Å². The molecule has 1 heterocycles. The molecule has 0 atom stereocenters. The van der Waals surface area contributed by atoms with E-state index in [2.05, 4.69) is 17.4 Å². The Hall–Kier alpha value is -1.37. The van der Waals surface area contributed by atoms with E-state index in [0.29, 0.717) is 23.3 Å². The molecule has 0 saturated carbocycles. The molecule has 0 amide bonds. The largest absolute Gasteiger partial charge is 0.465 e. The molecule has 1 aromatic rings. The number of carbonyl (C=O) groups excluding carboxylic acids is 1. The van der Waals surface area contributed by atoms with Crippen molar-refractivity contribution in [2.24, 2.45) is 0 Å². The van der Waals surface area contributed by atoms with Gasteiger partial charge in [-0.05, 0) is 18.4 Å². The number of hydrogen-bond donors (Lipinski definition) is 0. The van der Waals surface area contributed by atoms with E-state index < -0.39 is 11.8 Å². The third-order valence-electron chi connectivity index (χ3n) is 3.27.